The van der Waals surface area contributed by atoms with E-state index in [1.165, 1.54) is 37.3 Å². The first-order chi connectivity index (χ1) is 15.1. The Labute approximate surface area is 186 Å². The Morgan fingerprint density at radius 1 is 1.22 bits per heavy atom. The molecule has 0 aromatic heterocycles. The Bertz CT molecular complexity index is 908. The van der Waals surface area contributed by atoms with Crippen molar-refractivity contribution in [1.29, 1.82) is 0 Å². The largest absolute Gasteiger partial charge is 0.507 e. The van der Waals surface area contributed by atoms with Gasteiger partial charge in [-0.3, -0.25) is 9.59 Å². The molecule has 2 rings (SSSR count). The number of aromatic hydroxyl groups is 1. The summed E-state index contributed by atoms with van der Waals surface area (Å²) in [4.78, 5) is 35.8. The van der Waals surface area contributed by atoms with Crippen molar-refractivity contribution < 1.29 is 39.2 Å². The fourth-order valence-electron chi connectivity index (χ4n) is 2.94. The first-order valence-corrected chi connectivity index (χ1v) is 10.3. The van der Waals surface area contributed by atoms with Gasteiger partial charge in [0.1, 0.15) is 35.9 Å². The second kappa shape index (κ2) is 11.4. The molecule has 0 bridgehead atoms. The van der Waals surface area contributed by atoms with Crippen LogP contribution in [0.2, 0.25) is 0 Å². The van der Waals surface area contributed by atoms with Crippen molar-refractivity contribution >= 4 is 23.7 Å². The number of carbonyl (C=O) groups excluding carboxylic acids is 3. The lowest BCUT2D eigenvalue weighted by Crippen LogP contribution is -2.32. The summed E-state index contributed by atoms with van der Waals surface area (Å²) in [5.74, 6) is -2.09. The molecule has 1 aromatic rings. The smallest absolute Gasteiger partial charge is 0.342 e. The third-order valence-corrected chi connectivity index (χ3v) is 5.00. The first-order valence-electron chi connectivity index (χ1n) is 10.3. The second-order valence-electron chi connectivity index (χ2n) is 7.62. The zero-order valence-corrected chi connectivity index (χ0v) is 18.3. The molecule has 0 saturated heterocycles. The highest BCUT2D eigenvalue weighted by Gasteiger charge is 2.25. The van der Waals surface area contributed by atoms with Gasteiger partial charge in [0, 0.05) is 18.9 Å². The summed E-state index contributed by atoms with van der Waals surface area (Å²) in [5.41, 5.74) is 0.187. The zero-order valence-electron chi connectivity index (χ0n) is 18.3. The fourth-order valence-corrected chi connectivity index (χ4v) is 2.94. The molecule has 1 heterocycles. The molecule has 32 heavy (non-hydrogen) atoms. The molecular weight excluding hydrogens is 418 g/mol. The lowest BCUT2D eigenvalue weighted by atomic mass is 9.99. The van der Waals surface area contributed by atoms with E-state index in [9.17, 15) is 29.7 Å². The van der Waals surface area contributed by atoms with Crippen molar-refractivity contribution in [3.05, 3.63) is 41.5 Å². The molecule has 0 aliphatic carbocycles. The number of cyclic esters (lactones) is 1. The van der Waals surface area contributed by atoms with Crippen LogP contribution in [0.4, 0.5) is 0 Å². The SMILES string of the molecule is CC(=O)NCCOc1cc(O)c2c(c1)/C=C/C[C@H](O)[C@H](O)C(=O)/C=C\[C@@H](C)[C@H](C)OC2=O. The van der Waals surface area contributed by atoms with E-state index < -0.39 is 30.1 Å². The van der Waals surface area contributed by atoms with Crippen LogP contribution in [-0.4, -0.2) is 64.4 Å². The Kier molecular flexibility index (Phi) is 8.98. The summed E-state index contributed by atoms with van der Waals surface area (Å²) < 4.78 is 11.0. The van der Waals surface area contributed by atoms with Gasteiger partial charge in [-0.25, -0.2) is 4.79 Å². The number of fused-ring (bicyclic) bond motifs is 1. The third kappa shape index (κ3) is 6.93. The minimum Gasteiger partial charge on any atom is -0.507 e. The van der Waals surface area contributed by atoms with E-state index in [-0.39, 0.29) is 54.0 Å². The number of nitrogens with one attached hydrogen (secondary N) is 1. The van der Waals surface area contributed by atoms with Crippen LogP contribution >= 0.6 is 0 Å². The molecule has 0 fully saturated rings. The zero-order chi connectivity index (χ0) is 23.8. The number of ether oxygens (including phenoxy) is 2. The third-order valence-electron chi connectivity index (χ3n) is 5.00. The van der Waals surface area contributed by atoms with E-state index >= 15 is 0 Å². The highest BCUT2D eigenvalue weighted by atomic mass is 16.5. The van der Waals surface area contributed by atoms with Crippen LogP contribution in [0.3, 0.4) is 0 Å². The number of aliphatic hydroxyl groups excluding tert-OH is 2. The molecule has 0 unspecified atom stereocenters. The van der Waals surface area contributed by atoms with Gasteiger partial charge in [-0.15, -0.1) is 0 Å². The highest BCUT2D eigenvalue weighted by molar-refractivity contribution is 5.97. The van der Waals surface area contributed by atoms with Gasteiger partial charge in [-0.05, 0) is 31.1 Å². The summed E-state index contributed by atoms with van der Waals surface area (Å²) in [6.45, 7) is 5.14. The monoisotopic (exact) mass is 447 g/mol. The van der Waals surface area contributed by atoms with Gasteiger partial charge in [0.25, 0.3) is 0 Å². The van der Waals surface area contributed by atoms with Crippen LogP contribution in [0.1, 0.15) is 43.1 Å². The minimum absolute atomic E-state index is 0.0738. The average Bonchev–Trinajstić information content (AvgIpc) is 2.72. The Morgan fingerprint density at radius 2 is 1.94 bits per heavy atom. The van der Waals surface area contributed by atoms with Gasteiger partial charge < -0.3 is 30.1 Å². The van der Waals surface area contributed by atoms with Gasteiger partial charge in [0.15, 0.2) is 5.78 Å². The molecule has 1 aliphatic heterocycles. The van der Waals surface area contributed by atoms with Crippen molar-refractivity contribution in [2.75, 3.05) is 13.2 Å². The summed E-state index contributed by atoms with van der Waals surface area (Å²) in [7, 11) is 0. The number of esters is 1. The maximum absolute atomic E-state index is 12.8. The highest BCUT2D eigenvalue weighted by Crippen LogP contribution is 2.31. The fraction of sp³-hybridized carbons (Fsp3) is 0.435. The molecule has 1 aromatic carbocycles. The van der Waals surface area contributed by atoms with Crippen LogP contribution < -0.4 is 10.1 Å². The van der Waals surface area contributed by atoms with Crippen molar-refractivity contribution in [2.45, 2.75) is 45.5 Å². The van der Waals surface area contributed by atoms with Crippen LogP contribution in [0.15, 0.2) is 30.4 Å². The summed E-state index contributed by atoms with van der Waals surface area (Å²) >= 11 is 0. The first kappa shape index (κ1) is 25.1. The predicted molar refractivity (Wildman–Crippen MR) is 116 cm³/mol. The molecule has 1 aliphatic rings. The lowest BCUT2D eigenvalue weighted by molar-refractivity contribution is -0.127. The molecular formula is C23H29NO8. The molecule has 0 spiro atoms. The van der Waals surface area contributed by atoms with Gasteiger partial charge in [-0.2, -0.15) is 0 Å². The lowest BCUT2D eigenvalue weighted by Gasteiger charge is -2.20. The maximum Gasteiger partial charge on any atom is 0.342 e. The van der Waals surface area contributed by atoms with E-state index in [0.29, 0.717) is 0 Å². The molecule has 1 amide bonds. The van der Waals surface area contributed by atoms with E-state index in [4.69, 9.17) is 9.47 Å². The summed E-state index contributed by atoms with van der Waals surface area (Å²) in [5, 5.41) is 33.2. The van der Waals surface area contributed by atoms with Crippen molar-refractivity contribution in [1.82, 2.24) is 5.32 Å². The second-order valence-corrected chi connectivity index (χ2v) is 7.62. The number of amides is 1. The van der Waals surface area contributed by atoms with E-state index in [1.54, 1.807) is 13.8 Å². The van der Waals surface area contributed by atoms with Crippen LogP contribution in [0.25, 0.3) is 6.08 Å². The maximum atomic E-state index is 12.8. The quantitative estimate of drug-likeness (QED) is 0.400. The number of hydrogen-bond acceptors (Lipinski definition) is 8. The molecule has 0 radical (unpaired) electrons. The molecule has 4 N–H and O–H groups in total. The minimum atomic E-state index is -1.60. The topological polar surface area (TPSA) is 142 Å². The van der Waals surface area contributed by atoms with E-state index in [0.717, 1.165) is 6.08 Å². The van der Waals surface area contributed by atoms with Crippen molar-refractivity contribution in [3.63, 3.8) is 0 Å². The normalized spacial score (nSPS) is 26.3. The average molecular weight is 447 g/mol. The van der Waals surface area contributed by atoms with Gasteiger partial charge in [0.05, 0.1) is 12.6 Å². The Morgan fingerprint density at radius 3 is 2.62 bits per heavy atom. The number of phenols is 1. The number of hydrogen-bond donors (Lipinski definition) is 4. The van der Waals surface area contributed by atoms with Crippen LogP contribution in [-0.2, 0) is 14.3 Å². The molecule has 9 nitrogen and oxygen atoms in total. The number of ketones is 1. The van der Waals surface area contributed by atoms with Crippen LogP contribution in [0, 0.1) is 5.92 Å². The summed E-state index contributed by atoms with van der Waals surface area (Å²) in [6, 6.07) is 2.78. The molecule has 0 saturated carbocycles. The summed E-state index contributed by atoms with van der Waals surface area (Å²) in [6.07, 6.45) is 1.93. The Balaban J connectivity index is 2.38. The van der Waals surface area contributed by atoms with Crippen molar-refractivity contribution in [3.8, 4) is 11.5 Å². The molecule has 4 atom stereocenters. The Hall–Kier alpha value is -3.17. The molecule has 9 heteroatoms. The van der Waals surface area contributed by atoms with E-state index in [1.807, 2.05) is 0 Å². The van der Waals surface area contributed by atoms with E-state index in [2.05, 4.69) is 5.32 Å². The van der Waals surface area contributed by atoms with Gasteiger partial charge in [0.2, 0.25) is 5.91 Å². The van der Waals surface area contributed by atoms with Crippen molar-refractivity contribution in [2.24, 2.45) is 5.92 Å². The number of rotatable bonds is 4. The van der Waals surface area contributed by atoms with Crippen LogP contribution in [0.5, 0.6) is 11.5 Å². The van der Waals surface area contributed by atoms with Gasteiger partial charge in [-0.1, -0.05) is 25.2 Å². The number of phenolic OH excluding ortho intramolecular Hbond substituents is 1. The standard InChI is InChI=1S/C23H29NO8/c1-13-7-8-19(27)22(29)18(26)6-4-5-16-11-17(31-10-9-24-15(3)25)12-20(28)21(16)23(30)32-14(13)2/h4-5,7-8,11-14,18,22,26,28-29H,6,9-10H2,1-3H3,(H,24,25)/b5-4+,8-7-/t13-,14+,18+,22+/m1/s1. The van der Waals surface area contributed by atoms with Gasteiger partial charge >= 0.3 is 5.97 Å². The number of aliphatic hydroxyl groups is 2. The molecule has 174 valence electrons. The number of carbonyl (C=O) groups is 3. The number of benzene rings is 1. The predicted octanol–water partition coefficient (Wildman–Crippen LogP) is 1.35.